The molecular weight excluding hydrogens is 715 g/mol. The van der Waals surface area contributed by atoms with Crippen molar-refractivity contribution in [1.82, 2.24) is 0 Å². The number of carboxylic acids is 1. The number of hydrogen-bond donors (Lipinski definition) is 0. The molecule has 0 aromatic rings. The molecule has 57 heavy (non-hydrogen) atoms. The number of esters is 2. The van der Waals surface area contributed by atoms with Gasteiger partial charge >= 0.3 is 11.9 Å². The van der Waals surface area contributed by atoms with E-state index < -0.39 is 18.1 Å². The Bertz CT molecular complexity index is 1120. The number of unbranched alkanes of at least 4 members (excludes halogenated alkanes) is 16. The number of carboxylic acid groups (broad SMARTS) is 1. The highest BCUT2D eigenvalue weighted by Gasteiger charge is 2.25. The van der Waals surface area contributed by atoms with Gasteiger partial charge in [-0.25, -0.2) is 0 Å². The number of rotatable bonds is 40. The first-order valence-electron chi connectivity index (χ1n) is 22.8. The molecule has 328 valence electrons. The summed E-state index contributed by atoms with van der Waals surface area (Å²) in [6, 6.07) is -0.732. The van der Waals surface area contributed by atoms with Gasteiger partial charge in [-0.15, -0.1) is 0 Å². The van der Waals surface area contributed by atoms with Gasteiger partial charge in [0.2, 0.25) is 0 Å². The van der Waals surface area contributed by atoms with Crippen LogP contribution < -0.4 is 5.11 Å². The van der Waals surface area contributed by atoms with Gasteiger partial charge in [-0.05, 0) is 77.0 Å². The number of likely N-dealkylation sites (N-methyl/N-ethyl adjacent to an activating group) is 1. The lowest BCUT2D eigenvalue weighted by molar-refractivity contribution is -0.889. The smallest absolute Gasteiger partial charge is 0.306 e. The van der Waals surface area contributed by atoms with Gasteiger partial charge in [-0.2, -0.15) is 0 Å². The minimum atomic E-state index is -1.13. The molecule has 2 unspecified atom stereocenters. The summed E-state index contributed by atoms with van der Waals surface area (Å²) in [6.07, 6.45) is 48.1. The maximum absolute atomic E-state index is 12.7. The number of quaternary nitrogens is 1. The standard InChI is InChI=1S/C49H85NO7/c1-6-8-10-12-14-16-18-20-22-23-24-26-27-29-31-33-35-37-39-47(51)56-44-45(43-55-42-41-46(49(53)54)50(3,4)5)57-48(52)40-38-36-34-32-30-28-25-21-19-17-15-13-11-9-7-2/h9,11,15-18,21-23,25,45-46H,6-8,10,12-14,19-20,24,26-44H2,1-5H3/b11-9-,17-15-,18-16-,23-22-,25-21-. The van der Waals surface area contributed by atoms with Gasteiger partial charge in [-0.1, -0.05) is 145 Å². The van der Waals surface area contributed by atoms with Gasteiger partial charge < -0.3 is 28.6 Å². The van der Waals surface area contributed by atoms with Crippen molar-refractivity contribution in [2.75, 3.05) is 41.0 Å². The van der Waals surface area contributed by atoms with Crippen LogP contribution in [0.15, 0.2) is 60.8 Å². The molecule has 0 aliphatic rings. The van der Waals surface area contributed by atoms with Gasteiger partial charge in [-0.3, -0.25) is 9.59 Å². The van der Waals surface area contributed by atoms with E-state index in [4.69, 9.17) is 14.2 Å². The molecule has 0 aromatic heterocycles. The van der Waals surface area contributed by atoms with E-state index >= 15 is 0 Å². The summed E-state index contributed by atoms with van der Waals surface area (Å²) in [5.74, 6) is -1.77. The second-order valence-corrected chi connectivity index (χ2v) is 16.3. The van der Waals surface area contributed by atoms with E-state index in [1.165, 1.54) is 57.8 Å². The fraction of sp³-hybridized carbons (Fsp3) is 0.735. The molecule has 0 rings (SSSR count). The van der Waals surface area contributed by atoms with Crippen molar-refractivity contribution in [1.29, 1.82) is 0 Å². The Morgan fingerprint density at radius 3 is 1.46 bits per heavy atom. The molecule has 0 heterocycles. The Labute approximate surface area is 349 Å². The summed E-state index contributed by atoms with van der Waals surface area (Å²) in [5, 5.41) is 11.6. The van der Waals surface area contributed by atoms with Crippen LogP contribution in [0.2, 0.25) is 0 Å². The van der Waals surface area contributed by atoms with Gasteiger partial charge in [0.15, 0.2) is 6.10 Å². The Morgan fingerprint density at radius 1 is 0.544 bits per heavy atom. The molecule has 0 bridgehead atoms. The first-order valence-corrected chi connectivity index (χ1v) is 22.8. The van der Waals surface area contributed by atoms with E-state index in [9.17, 15) is 19.5 Å². The average molecular weight is 800 g/mol. The Kier molecular flexibility index (Phi) is 37.8. The second-order valence-electron chi connectivity index (χ2n) is 16.3. The second kappa shape index (κ2) is 39.8. The van der Waals surface area contributed by atoms with Crippen molar-refractivity contribution in [3.8, 4) is 0 Å². The lowest BCUT2D eigenvalue weighted by Crippen LogP contribution is -2.55. The van der Waals surface area contributed by atoms with Crippen LogP contribution in [0.4, 0.5) is 0 Å². The zero-order chi connectivity index (χ0) is 42.1. The van der Waals surface area contributed by atoms with Crippen LogP contribution in [0.5, 0.6) is 0 Å². The lowest BCUT2D eigenvalue weighted by Gasteiger charge is -2.34. The average Bonchev–Trinajstić information content (AvgIpc) is 3.17. The SMILES string of the molecule is CC/C=C\C/C=C\C/C=C\CCCCCCCC(=O)OC(COCCC(C(=O)[O-])[N+](C)(C)C)COC(=O)CCCCCCCCC/C=C\C/C=C\CCCCCC. The Balaban J connectivity index is 4.36. The number of ether oxygens (including phenoxy) is 3. The quantitative estimate of drug-likeness (QED) is 0.0263. The van der Waals surface area contributed by atoms with Gasteiger partial charge in [0.25, 0.3) is 0 Å². The highest BCUT2D eigenvalue weighted by atomic mass is 16.6. The largest absolute Gasteiger partial charge is 0.544 e. The highest BCUT2D eigenvalue weighted by Crippen LogP contribution is 2.13. The van der Waals surface area contributed by atoms with Gasteiger partial charge in [0.1, 0.15) is 12.6 Å². The van der Waals surface area contributed by atoms with E-state index in [0.717, 1.165) is 89.9 Å². The first kappa shape index (κ1) is 54.0. The van der Waals surface area contributed by atoms with Crippen molar-refractivity contribution >= 4 is 17.9 Å². The predicted molar refractivity (Wildman–Crippen MR) is 236 cm³/mol. The molecule has 0 spiro atoms. The van der Waals surface area contributed by atoms with Gasteiger partial charge in [0.05, 0.1) is 40.3 Å². The summed E-state index contributed by atoms with van der Waals surface area (Å²) in [5.41, 5.74) is 0. The van der Waals surface area contributed by atoms with Crippen LogP contribution in [0.1, 0.15) is 181 Å². The molecule has 2 atom stereocenters. The molecular formula is C49H85NO7. The maximum atomic E-state index is 12.7. The third-order valence-corrected chi connectivity index (χ3v) is 9.89. The molecule has 0 fully saturated rings. The van der Waals surface area contributed by atoms with Crippen LogP contribution >= 0.6 is 0 Å². The Hall–Kier alpha value is -2.97. The third kappa shape index (κ3) is 38.3. The van der Waals surface area contributed by atoms with Crippen LogP contribution in [0.3, 0.4) is 0 Å². The normalized spacial score (nSPS) is 13.5. The molecule has 8 nitrogen and oxygen atoms in total. The van der Waals surface area contributed by atoms with E-state index in [-0.39, 0.29) is 42.7 Å². The number of nitrogens with zero attached hydrogens (tertiary/aromatic N) is 1. The van der Waals surface area contributed by atoms with Crippen molar-refractivity contribution in [3.05, 3.63) is 60.8 Å². The summed E-state index contributed by atoms with van der Waals surface area (Å²) in [7, 11) is 5.39. The minimum Gasteiger partial charge on any atom is -0.544 e. The Morgan fingerprint density at radius 2 is 0.982 bits per heavy atom. The predicted octanol–water partition coefficient (Wildman–Crippen LogP) is 11.2. The summed E-state index contributed by atoms with van der Waals surface area (Å²) in [6.45, 7) is 4.50. The molecule has 0 aliphatic carbocycles. The molecule has 8 heteroatoms. The topological polar surface area (TPSA) is 102 Å². The third-order valence-electron chi connectivity index (χ3n) is 9.89. The molecule has 0 saturated heterocycles. The fourth-order valence-corrected chi connectivity index (χ4v) is 6.35. The lowest BCUT2D eigenvalue weighted by atomic mass is 10.1. The zero-order valence-electron chi connectivity index (χ0n) is 37.2. The van der Waals surface area contributed by atoms with E-state index in [1.54, 1.807) is 21.1 Å². The molecule has 0 aliphatic heterocycles. The first-order chi connectivity index (χ1) is 27.6. The van der Waals surface area contributed by atoms with Crippen molar-refractivity contribution in [3.63, 3.8) is 0 Å². The number of carbonyl (C=O) groups is 3. The van der Waals surface area contributed by atoms with Crippen molar-refractivity contribution < 1.29 is 38.2 Å². The number of hydrogen-bond acceptors (Lipinski definition) is 7. The molecule has 0 N–H and O–H groups in total. The van der Waals surface area contributed by atoms with E-state index in [1.807, 2.05) is 0 Å². The van der Waals surface area contributed by atoms with Crippen LogP contribution in [-0.4, -0.2) is 75.5 Å². The highest BCUT2D eigenvalue weighted by molar-refractivity contribution is 5.70. The summed E-state index contributed by atoms with van der Waals surface area (Å²) < 4.78 is 17.2. The molecule has 0 radical (unpaired) electrons. The van der Waals surface area contributed by atoms with Gasteiger partial charge in [0, 0.05) is 19.3 Å². The van der Waals surface area contributed by atoms with Crippen molar-refractivity contribution in [2.45, 2.75) is 193 Å². The fourth-order valence-electron chi connectivity index (χ4n) is 6.35. The molecule has 0 saturated carbocycles. The zero-order valence-corrected chi connectivity index (χ0v) is 37.2. The molecule has 0 amide bonds. The maximum Gasteiger partial charge on any atom is 0.306 e. The summed E-state index contributed by atoms with van der Waals surface area (Å²) >= 11 is 0. The summed E-state index contributed by atoms with van der Waals surface area (Å²) in [4.78, 5) is 36.9. The monoisotopic (exact) mass is 800 g/mol. The van der Waals surface area contributed by atoms with E-state index in [0.29, 0.717) is 12.8 Å². The number of aliphatic carboxylic acids is 1. The van der Waals surface area contributed by atoms with Crippen LogP contribution in [-0.2, 0) is 28.6 Å². The molecule has 0 aromatic carbocycles. The van der Waals surface area contributed by atoms with E-state index in [2.05, 4.69) is 74.6 Å². The van der Waals surface area contributed by atoms with Crippen LogP contribution in [0, 0.1) is 0 Å². The number of allylic oxidation sites excluding steroid dienone is 10. The van der Waals surface area contributed by atoms with Crippen LogP contribution in [0.25, 0.3) is 0 Å². The van der Waals surface area contributed by atoms with Crippen molar-refractivity contribution in [2.24, 2.45) is 0 Å². The minimum absolute atomic E-state index is 0.0289. The number of carbonyl (C=O) groups excluding carboxylic acids is 3.